The van der Waals surface area contributed by atoms with E-state index in [1.807, 2.05) is 12.1 Å². The van der Waals surface area contributed by atoms with Crippen molar-refractivity contribution >= 4 is 39.4 Å². The van der Waals surface area contributed by atoms with Crippen LogP contribution in [0, 0.1) is 0 Å². The van der Waals surface area contributed by atoms with Gasteiger partial charge in [-0.15, -0.1) is 0 Å². The van der Waals surface area contributed by atoms with Crippen LogP contribution in [0.4, 0.5) is 0 Å². The third kappa shape index (κ3) is 2.26. The van der Waals surface area contributed by atoms with Crippen LogP contribution in [-0.4, -0.2) is 15.9 Å². The number of nitrogens with one attached hydrogen (secondary N) is 2. The van der Waals surface area contributed by atoms with Gasteiger partial charge in [-0.25, -0.2) is 0 Å². The number of primary amides is 1. The van der Waals surface area contributed by atoms with Crippen LogP contribution in [0.25, 0.3) is 33.1 Å². The van der Waals surface area contributed by atoms with Crippen molar-refractivity contribution in [1.82, 2.24) is 9.97 Å². The van der Waals surface area contributed by atoms with Gasteiger partial charge in [-0.3, -0.25) is 9.59 Å². The molecule has 2 heterocycles. The SMILES string of the molecule is NC(=O)c1cccc(-c2cc(=O)[nH]c3c2[nH]c2ccc(Cl)cc23)c1. The molecular weight excluding hydrogens is 326 g/mol. The summed E-state index contributed by atoms with van der Waals surface area (Å²) in [6.45, 7) is 0. The van der Waals surface area contributed by atoms with Crippen LogP contribution in [0.5, 0.6) is 0 Å². The van der Waals surface area contributed by atoms with E-state index in [0.29, 0.717) is 21.7 Å². The molecule has 2 aromatic heterocycles. The summed E-state index contributed by atoms with van der Waals surface area (Å²) in [7, 11) is 0. The van der Waals surface area contributed by atoms with Crippen LogP contribution in [0.2, 0.25) is 5.02 Å². The number of nitrogens with two attached hydrogens (primary N) is 1. The molecule has 0 atom stereocenters. The quantitative estimate of drug-likeness (QED) is 0.523. The first-order chi connectivity index (χ1) is 11.5. The molecule has 0 unspecified atom stereocenters. The Morgan fingerprint density at radius 3 is 2.62 bits per heavy atom. The van der Waals surface area contributed by atoms with Crippen molar-refractivity contribution in [2.24, 2.45) is 5.73 Å². The van der Waals surface area contributed by atoms with E-state index in [4.69, 9.17) is 17.3 Å². The summed E-state index contributed by atoms with van der Waals surface area (Å²) < 4.78 is 0. The Morgan fingerprint density at radius 1 is 1.00 bits per heavy atom. The fourth-order valence-corrected chi connectivity index (χ4v) is 3.10. The van der Waals surface area contributed by atoms with E-state index in [9.17, 15) is 9.59 Å². The average molecular weight is 338 g/mol. The number of H-pyrrole nitrogens is 2. The molecule has 0 aliphatic heterocycles. The van der Waals surface area contributed by atoms with Crippen LogP contribution in [0.3, 0.4) is 0 Å². The molecule has 6 heteroatoms. The predicted molar refractivity (Wildman–Crippen MR) is 95.4 cm³/mol. The molecule has 4 N–H and O–H groups in total. The van der Waals surface area contributed by atoms with E-state index in [0.717, 1.165) is 22.0 Å². The van der Waals surface area contributed by atoms with E-state index >= 15 is 0 Å². The van der Waals surface area contributed by atoms with Gasteiger partial charge in [0.15, 0.2) is 0 Å². The second kappa shape index (κ2) is 5.25. The van der Waals surface area contributed by atoms with Gasteiger partial charge >= 0.3 is 0 Å². The molecule has 2 aromatic carbocycles. The highest BCUT2D eigenvalue weighted by Crippen LogP contribution is 2.32. The lowest BCUT2D eigenvalue weighted by Crippen LogP contribution is -2.10. The summed E-state index contributed by atoms with van der Waals surface area (Å²) in [5, 5.41) is 1.42. The monoisotopic (exact) mass is 337 g/mol. The molecule has 0 radical (unpaired) electrons. The number of aromatic nitrogens is 2. The lowest BCUT2D eigenvalue weighted by atomic mass is 10.0. The van der Waals surface area contributed by atoms with E-state index < -0.39 is 5.91 Å². The lowest BCUT2D eigenvalue weighted by molar-refractivity contribution is 0.100. The zero-order chi connectivity index (χ0) is 16.8. The normalized spacial score (nSPS) is 11.2. The topological polar surface area (TPSA) is 91.7 Å². The molecule has 1 amide bonds. The average Bonchev–Trinajstić information content (AvgIpc) is 2.92. The fraction of sp³-hybridized carbons (Fsp3) is 0. The van der Waals surface area contributed by atoms with E-state index in [1.54, 1.807) is 30.3 Å². The van der Waals surface area contributed by atoms with Gasteiger partial charge in [0.25, 0.3) is 0 Å². The van der Waals surface area contributed by atoms with Gasteiger partial charge in [0.2, 0.25) is 11.5 Å². The number of carbonyl (C=O) groups is 1. The predicted octanol–water partition coefficient (Wildman–Crippen LogP) is 3.43. The molecule has 0 fully saturated rings. The molecule has 4 aromatic rings. The third-order valence-corrected chi connectivity index (χ3v) is 4.25. The first-order valence-electron chi connectivity index (χ1n) is 7.27. The number of carbonyl (C=O) groups excluding carboxylic acids is 1. The van der Waals surface area contributed by atoms with Gasteiger partial charge in [0, 0.05) is 33.1 Å². The molecule has 5 nitrogen and oxygen atoms in total. The van der Waals surface area contributed by atoms with Crippen molar-refractivity contribution in [2.45, 2.75) is 0 Å². The van der Waals surface area contributed by atoms with Gasteiger partial charge in [-0.05, 0) is 35.9 Å². The zero-order valence-electron chi connectivity index (χ0n) is 12.4. The zero-order valence-corrected chi connectivity index (χ0v) is 13.1. The Labute approximate surface area is 141 Å². The van der Waals surface area contributed by atoms with E-state index in [1.165, 1.54) is 6.07 Å². The van der Waals surface area contributed by atoms with Gasteiger partial charge in [-0.2, -0.15) is 0 Å². The Morgan fingerprint density at radius 2 is 1.83 bits per heavy atom. The van der Waals surface area contributed by atoms with Gasteiger partial charge in [-0.1, -0.05) is 23.7 Å². The number of pyridine rings is 1. The highest BCUT2D eigenvalue weighted by molar-refractivity contribution is 6.31. The van der Waals surface area contributed by atoms with Crippen LogP contribution < -0.4 is 11.3 Å². The van der Waals surface area contributed by atoms with Crippen LogP contribution >= 0.6 is 11.6 Å². The molecule has 0 saturated heterocycles. The first-order valence-corrected chi connectivity index (χ1v) is 7.65. The molecule has 118 valence electrons. The maximum Gasteiger partial charge on any atom is 0.249 e. The summed E-state index contributed by atoms with van der Waals surface area (Å²) >= 11 is 6.07. The largest absolute Gasteiger partial charge is 0.366 e. The molecular formula is C18H12ClN3O2. The number of aromatic amines is 2. The Bertz CT molecular complexity index is 1170. The fourth-order valence-electron chi connectivity index (χ4n) is 2.93. The van der Waals surface area contributed by atoms with E-state index in [-0.39, 0.29) is 5.56 Å². The number of amides is 1. The number of fused-ring (bicyclic) bond motifs is 3. The maximum atomic E-state index is 12.1. The minimum Gasteiger partial charge on any atom is -0.366 e. The number of rotatable bonds is 2. The van der Waals surface area contributed by atoms with Gasteiger partial charge < -0.3 is 15.7 Å². The van der Waals surface area contributed by atoms with Crippen molar-refractivity contribution in [3.05, 3.63) is 69.5 Å². The second-order valence-corrected chi connectivity index (χ2v) is 5.99. The maximum absolute atomic E-state index is 12.1. The first kappa shape index (κ1) is 14.5. The Hall–Kier alpha value is -3.05. The van der Waals surface area contributed by atoms with Crippen LogP contribution in [-0.2, 0) is 0 Å². The highest BCUT2D eigenvalue weighted by Gasteiger charge is 2.13. The Kier molecular flexibility index (Phi) is 3.18. The summed E-state index contributed by atoms with van der Waals surface area (Å²) in [5.74, 6) is -0.513. The van der Waals surface area contributed by atoms with Crippen molar-refractivity contribution in [2.75, 3.05) is 0 Å². The molecule has 0 saturated carbocycles. The number of hydrogen-bond donors (Lipinski definition) is 3. The number of benzene rings is 2. The molecule has 24 heavy (non-hydrogen) atoms. The molecule has 0 aliphatic rings. The second-order valence-electron chi connectivity index (χ2n) is 5.56. The molecule has 0 bridgehead atoms. The summed E-state index contributed by atoms with van der Waals surface area (Å²) in [6.07, 6.45) is 0. The molecule has 4 rings (SSSR count). The summed E-state index contributed by atoms with van der Waals surface area (Å²) in [4.78, 5) is 29.7. The van der Waals surface area contributed by atoms with Crippen molar-refractivity contribution in [1.29, 1.82) is 0 Å². The van der Waals surface area contributed by atoms with Crippen molar-refractivity contribution in [3.8, 4) is 11.1 Å². The van der Waals surface area contributed by atoms with Crippen molar-refractivity contribution in [3.63, 3.8) is 0 Å². The summed E-state index contributed by atoms with van der Waals surface area (Å²) in [5.41, 5.74) is 9.26. The number of hydrogen-bond acceptors (Lipinski definition) is 2. The third-order valence-electron chi connectivity index (χ3n) is 4.01. The van der Waals surface area contributed by atoms with Gasteiger partial charge in [0.1, 0.15) is 0 Å². The Balaban J connectivity index is 2.09. The smallest absolute Gasteiger partial charge is 0.249 e. The number of halogens is 1. The standard InChI is InChI=1S/C18H12ClN3O2/c19-11-4-5-14-13(7-11)17-16(21-14)12(8-15(23)22-17)9-2-1-3-10(6-9)18(20)24/h1-8,21H,(H2,20,24)(H,22,23). The minimum absolute atomic E-state index is 0.233. The lowest BCUT2D eigenvalue weighted by Gasteiger charge is -2.05. The molecule has 0 aliphatic carbocycles. The summed E-state index contributed by atoms with van der Waals surface area (Å²) in [6, 6.07) is 13.8. The van der Waals surface area contributed by atoms with Crippen molar-refractivity contribution < 1.29 is 4.79 Å². The van der Waals surface area contributed by atoms with Crippen LogP contribution in [0.1, 0.15) is 10.4 Å². The van der Waals surface area contributed by atoms with Gasteiger partial charge in [0.05, 0.1) is 11.0 Å². The van der Waals surface area contributed by atoms with Crippen LogP contribution in [0.15, 0.2) is 53.3 Å². The minimum atomic E-state index is -0.513. The van der Waals surface area contributed by atoms with E-state index in [2.05, 4.69) is 9.97 Å². The highest BCUT2D eigenvalue weighted by atomic mass is 35.5. The molecule has 0 spiro atoms.